The molecule has 8 heteroatoms. The van der Waals surface area contributed by atoms with E-state index in [2.05, 4.69) is 4.72 Å². The summed E-state index contributed by atoms with van der Waals surface area (Å²) in [5, 5.41) is 19.0. The van der Waals surface area contributed by atoms with Crippen molar-refractivity contribution < 1.29 is 28.2 Å². The number of hydrogen-bond acceptors (Lipinski definition) is 5. The van der Waals surface area contributed by atoms with Gasteiger partial charge in [0.15, 0.2) is 0 Å². The number of sulfonamides is 1. The van der Waals surface area contributed by atoms with Gasteiger partial charge in [-0.15, -0.1) is 0 Å². The Morgan fingerprint density at radius 1 is 1.03 bits per heavy atom. The van der Waals surface area contributed by atoms with Crippen molar-refractivity contribution in [1.82, 2.24) is 4.72 Å². The predicted molar refractivity (Wildman–Crippen MR) is 108 cm³/mol. The molecule has 1 aliphatic carbocycles. The van der Waals surface area contributed by atoms with Crippen molar-refractivity contribution in [3.05, 3.63) is 60.7 Å². The molecule has 7 nitrogen and oxygen atoms in total. The van der Waals surface area contributed by atoms with E-state index in [1.165, 1.54) is 18.2 Å². The zero-order valence-corrected chi connectivity index (χ0v) is 16.7. The third-order valence-corrected chi connectivity index (χ3v) is 6.40. The minimum absolute atomic E-state index is 0.0131. The topological polar surface area (TPSA) is 113 Å². The van der Waals surface area contributed by atoms with Gasteiger partial charge >= 0.3 is 5.97 Å². The Morgan fingerprint density at radius 2 is 1.62 bits per heavy atom. The number of methoxy groups -OCH3 is 1. The zero-order valence-electron chi connectivity index (χ0n) is 15.9. The fourth-order valence-electron chi connectivity index (χ4n) is 3.27. The highest BCUT2D eigenvalue weighted by molar-refractivity contribution is 7.89. The Bertz CT molecular complexity index is 983. The van der Waals surface area contributed by atoms with Gasteiger partial charge in [0.25, 0.3) is 0 Å². The molecule has 1 aliphatic rings. The third kappa shape index (κ3) is 5.03. The van der Waals surface area contributed by atoms with Gasteiger partial charge in [0.05, 0.1) is 18.1 Å². The van der Waals surface area contributed by atoms with Crippen LogP contribution in [0.2, 0.25) is 0 Å². The molecule has 2 aromatic carbocycles. The Kier molecular flexibility index (Phi) is 6.36. The van der Waals surface area contributed by atoms with Crippen molar-refractivity contribution in [1.29, 1.82) is 0 Å². The number of aliphatic hydroxyl groups is 1. The van der Waals surface area contributed by atoms with E-state index in [4.69, 9.17) is 4.74 Å². The highest BCUT2D eigenvalue weighted by atomic mass is 32.2. The lowest BCUT2D eigenvalue weighted by Crippen LogP contribution is -2.46. The summed E-state index contributed by atoms with van der Waals surface area (Å²) in [4.78, 5) is 11.6. The summed E-state index contributed by atoms with van der Waals surface area (Å²) in [7, 11) is -2.44. The molecule has 0 heterocycles. The highest BCUT2D eigenvalue weighted by Crippen LogP contribution is 2.25. The van der Waals surface area contributed by atoms with Crippen molar-refractivity contribution in [3.8, 4) is 16.9 Å². The second-order valence-corrected chi connectivity index (χ2v) is 8.60. The summed E-state index contributed by atoms with van der Waals surface area (Å²) in [5.41, 5.74) is 1.72. The van der Waals surface area contributed by atoms with Gasteiger partial charge in [-0.05, 0) is 48.2 Å². The largest absolute Gasteiger partial charge is 0.497 e. The molecule has 0 saturated carbocycles. The van der Waals surface area contributed by atoms with E-state index in [-0.39, 0.29) is 4.90 Å². The molecule has 0 bridgehead atoms. The lowest BCUT2D eigenvalue weighted by molar-refractivity contribution is -0.140. The van der Waals surface area contributed by atoms with E-state index in [0.29, 0.717) is 12.8 Å². The lowest BCUT2D eigenvalue weighted by Gasteiger charge is -2.26. The summed E-state index contributed by atoms with van der Waals surface area (Å²) < 4.78 is 32.9. The first-order chi connectivity index (χ1) is 13.8. The Labute approximate surface area is 169 Å². The van der Waals surface area contributed by atoms with Crippen molar-refractivity contribution in [3.63, 3.8) is 0 Å². The number of carboxylic acids is 1. The molecule has 3 N–H and O–H groups in total. The number of benzene rings is 2. The number of rotatable bonds is 7. The monoisotopic (exact) mass is 417 g/mol. The fraction of sp³-hybridized carbons (Fsp3) is 0.286. The highest BCUT2D eigenvalue weighted by Gasteiger charge is 2.33. The normalized spacial score (nSPS) is 20.2. The van der Waals surface area contributed by atoms with Gasteiger partial charge in [-0.2, -0.15) is 4.72 Å². The number of aliphatic carboxylic acids is 1. The average Bonchev–Trinajstić information content (AvgIpc) is 2.73. The van der Waals surface area contributed by atoms with E-state index in [9.17, 15) is 23.4 Å². The van der Waals surface area contributed by atoms with Crippen LogP contribution in [0.1, 0.15) is 12.8 Å². The van der Waals surface area contributed by atoms with E-state index in [1.807, 2.05) is 24.3 Å². The standard InChI is InChI=1S/C21H23NO6S/c1-28-18-10-4-14(5-11-18)15-6-12-19(13-7-15)29(26,27)22-20(21(24)25)16-2-8-17(23)9-3-16/h2,4-8,10-13,16-17,20,22-23H,3,9H2,1H3,(H,24,25)/t16?,17-,20-/m1/s1. The zero-order chi connectivity index (χ0) is 21.0. The summed E-state index contributed by atoms with van der Waals surface area (Å²) in [6, 6.07) is 12.3. The lowest BCUT2D eigenvalue weighted by atomic mass is 9.89. The molecular formula is C21H23NO6S. The van der Waals surface area contributed by atoms with E-state index in [1.54, 1.807) is 25.3 Å². The van der Waals surface area contributed by atoms with Gasteiger partial charge in [-0.1, -0.05) is 36.4 Å². The maximum absolute atomic E-state index is 12.7. The summed E-state index contributed by atoms with van der Waals surface area (Å²) in [6.07, 6.45) is 3.21. The molecule has 0 saturated heterocycles. The van der Waals surface area contributed by atoms with Crippen LogP contribution in [0.15, 0.2) is 65.6 Å². The Balaban J connectivity index is 1.79. The minimum atomic E-state index is -4.02. The van der Waals surface area contributed by atoms with Crippen LogP contribution in [0.5, 0.6) is 5.75 Å². The quantitative estimate of drug-likeness (QED) is 0.597. The Morgan fingerprint density at radius 3 is 2.10 bits per heavy atom. The van der Waals surface area contributed by atoms with Gasteiger partial charge in [0.1, 0.15) is 11.8 Å². The van der Waals surface area contributed by atoms with E-state index in [0.717, 1.165) is 16.9 Å². The third-order valence-electron chi connectivity index (χ3n) is 4.94. The van der Waals surface area contributed by atoms with Crippen LogP contribution in [0.25, 0.3) is 11.1 Å². The Hall–Kier alpha value is -2.68. The molecule has 3 atom stereocenters. The molecule has 0 fully saturated rings. The maximum Gasteiger partial charge on any atom is 0.322 e. The fourth-order valence-corrected chi connectivity index (χ4v) is 4.51. The van der Waals surface area contributed by atoms with Crippen LogP contribution in [-0.2, 0) is 14.8 Å². The first kappa shape index (κ1) is 21.0. The van der Waals surface area contributed by atoms with Crippen molar-refractivity contribution in [2.45, 2.75) is 29.9 Å². The predicted octanol–water partition coefficient (Wildman–Crippen LogP) is 2.42. The van der Waals surface area contributed by atoms with Gasteiger partial charge in [0, 0.05) is 5.92 Å². The first-order valence-electron chi connectivity index (χ1n) is 9.16. The molecule has 1 unspecified atom stereocenters. The van der Waals surface area contributed by atoms with Gasteiger partial charge in [-0.3, -0.25) is 4.79 Å². The number of nitrogens with one attached hydrogen (secondary N) is 1. The molecule has 0 aliphatic heterocycles. The van der Waals surface area contributed by atoms with Crippen LogP contribution < -0.4 is 9.46 Å². The molecule has 154 valence electrons. The first-order valence-corrected chi connectivity index (χ1v) is 10.6. The van der Waals surface area contributed by atoms with Crippen molar-refractivity contribution >= 4 is 16.0 Å². The van der Waals surface area contributed by atoms with Crippen LogP contribution in [-0.4, -0.2) is 43.9 Å². The number of aliphatic hydroxyl groups excluding tert-OH is 1. The molecule has 0 aromatic heterocycles. The number of carbonyl (C=O) groups is 1. The smallest absolute Gasteiger partial charge is 0.322 e. The second kappa shape index (κ2) is 8.77. The van der Waals surface area contributed by atoms with Crippen LogP contribution in [0.4, 0.5) is 0 Å². The maximum atomic E-state index is 12.7. The minimum Gasteiger partial charge on any atom is -0.497 e. The van der Waals surface area contributed by atoms with Crippen molar-refractivity contribution in [2.75, 3.05) is 7.11 Å². The second-order valence-electron chi connectivity index (χ2n) is 6.88. The van der Waals surface area contributed by atoms with Crippen LogP contribution in [0, 0.1) is 5.92 Å². The average molecular weight is 417 g/mol. The number of hydrogen-bond donors (Lipinski definition) is 3. The van der Waals surface area contributed by atoms with Gasteiger partial charge in [0.2, 0.25) is 10.0 Å². The van der Waals surface area contributed by atoms with Crippen LogP contribution >= 0.6 is 0 Å². The summed E-state index contributed by atoms with van der Waals surface area (Å²) in [6.45, 7) is 0. The SMILES string of the molecule is COc1ccc(-c2ccc(S(=O)(=O)N[C@@H](C(=O)O)C3C=C[C@@H](O)CC3)cc2)cc1. The molecule has 0 radical (unpaired) electrons. The molecule has 0 amide bonds. The summed E-state index contributed by atoms with van der Waals surface area (Å²) >= 11 is 0. The molecule has 0 spiro atoms. The molecule has 2 aromatic rings. The number of carboxylic acid groups (broad SMARTS) is 1. The molecule has 29 heavy (non-hydrogen) atoms. The van der Waals surface area contributed by atoms with Gasteiger partial charge in [-0.25, -0.2) is 8.42 Å². The van der Waals surface area contributed by atoms with Crippen molar-refractivity contribution in [2.24, 2.45) is 5.92 Å². The summed E-state index contributed by atoms with van der Waals surface area (Å²) in [5.74, 6) is -1.06. The van der Waals surface area contributed by atoms with E-state index >= 15 is 0 Å². The molecule has 3 rings (SSSR count). The van der Waals surface area contributed by atoms with E-state index < -0.39 is 34.1 Å². The van der Waals surface area contributed by atoms with Crippen LogP contribution in [0.3, 0.4) is 0 Å². The molecular weight excluding hydrogens is 394 g/mol. The van der Waals surface area contributed by atoms with Gasteiger partial charge < -0.3 is 14.9 Å². The number of ether oxygens (including phenoxy) is 1.